The van der Waals surface area contributed by atoms with Gasteiger partial charge in [-0.25, -0.2) is 0 Å². The van der Waals surface area contributed by atoms with Gasteiger partial charge in [0, 0.05) is 12.6 Å². The summed E-state index contributed by atoms with van der Waals surface area (Å²) in [6.07, 6.45) is 4.35. The first-order valence-electron chi connectivity index (χ1n) is 8.10. The highest BCUT2D eigenvalue weighted by molar-refractivity contribution is 6.35. The maximum Gasteiger partial charge on any atom is 0.309 e. The zero-order valence-corrected chi connectivity index (χ0v) is 13.3. The first kappa shape index (κ1) is 15.6. The molecule has 23 heavy (non-hydrogen) atoms. The second-order valence-corrected chi connectivity index (χ2v) is 6.21. The van der Waals surface area contributed by atoms with Gasteiger partial charge in [-0.3, -0.25) is 9.59 Å². The summed E-state index contributed by atoms with van der Waals surface area (Å²) in [6, 6.07) is 5.55. The molecular formula is C17H22N2O4. The van der Waals surface area contributed by atoms with Crippen LogP contribution in [0, 0.1) is 5.92 Å². The van der Waals surface area contributed by atoms with Gasteiger partial charge >= 0.3 is 11.8 Å². The number of amides is 2. The summed E-state index contributed by atoms with van der Waals surface area (Å²) in [5.74, 6) is 0.639. The van der Waals surface area contributed by atoms with E-state index in [4.69, 9.17) is 9.47 Å². The van der Waals surface area contributed by atoms with Crippen LogP contribution in [0.2, 0.25) is 0 Å². The van der Waals surface area contributed by atoms with E-state index in [2.05, 4.69) is 17.6 Å². The Hall–Kier alpha value is -2.24. The van der Waals surface area contributed by atoms with Gasteiger partial charge in [0.15, 0.2) is 11.5 Å². The third kappa shape index (κ3) is 3.75. The predicted octanol–water partition coefficient (Wildman–Crippen LogP) is 1.73. The molecule has 1 aliphatic heterocycles. The summed E-state index contributed by atoms with van der Waals surface area (Å²) >= 11 is 0. The Morgan fingerprint density at radius 2 is 1.91 bits per heavy atom. The van der Waals surface area contributed by atoms with Crippen LogP contribution in [0.5, 0.6) is 11.5 Å². The van der Waals surface area contributed by atoms with Crippen LogP contribution in [-0.4, -0.2) is 24.6 Å². The first-order chi connectivity index (χ1) is 11.1. The predicted molar refractivity (Wildman–Crippen MR) is 84.0 cm³/mol. The number of benzene rings is 1. The van der Waals surface area contributed by atoms with E-state index < -0.39 is 11.8 Å². The van der Waals surface area contributed by atoms with Crippen LogP contribution in [0.25, 0.3) is 0 Å². The van der Waals surface area contributed by atoms with E-state index in [0.29, 0.717) is 17.4 Å². The van der Waals surface area contributed by atoms with Gasteiger partial charge in [0.1, 0.15) is 0 Å². The molecule has 1 fully saturated rings. The second kappa shape index (κ2) is 6.89. The minimum absolute atomic E-state index is 0.104. The van der Waals surface area contributed by atoms with Crippen LogP contribution < -0.4 is 20.1 Å². The van der Waals surface area contributed by atoms with Crippen molar-refractivity contribution in [2.75, 3.05) is 6.79 Å². The second-order valence-electron chi connectivity index (χ2n) is 6.21. The lowest BCUT2D eigenvalue weighted by Gasteiger charge is -2.29. The molecule has 2 amide bonds. The van der Waals surface area contributed by atoms with Gasteiger partial charge in [-0.05, 0) is 36.5 Å². The van der Waals surface area contributed by atoms with Crippen LogP contribution in [0.4, 0.5) is 0 Å². The Balaban J connectivity index is 1.49. The Morgan fingerprint density at radius 1 is 1.13 bits per heavy atom. The standard InChI is InChI=1S/C17H22N2O4/c1-11-4-2-3-5-13(11)19-17(21)16(20)18-9-12-6-7-14-15(8-12)23-10-22-14/h6-8,11,13H,2-5,9-10H2,1H3,(H,18,20)(H,19,21)/t11-,13-/m0/s1. The van der Waals surface area contributed by atoms with Crippen molar-refractivity contribution in [2.24, 2.45) is 5.92 Å². The van der Waals surface area contributed by atoms with Crippen LogP contribution in [0.3, 0.4) is 0 Å². The summed E-state index contributed by atoms with van der Waals surface area (Å²) in [4.78, 5) is 23.9. The molecule has 0 radical (unpaired) electrons. The summed E-state index contributed by atoms with van der Waals surface area (Å²) in [5.41, 5.74) is 0.862. The molecule has 1 saturated carbocycles. The number of ether oxygens (including phenoxy) is 2. The maximum atomic E-state index is 12.0. The lowest BCUT2D eigenvalue weighted by molar-refractivity contribution is -0.140. The quantitative estimate of drug-likeness (QED) is 0.832. The number of carbonyl (C=O) groups is 2. The van der Waals surface area contributed by atoms with Crippen LogP contribution in [0.1, 0.15) is 38.2 Å². The Morgan fingerprint density at radius 3 is 2.74 bits per heavy atom. The number of hydrogen-bond acceptors (Lipinski definition) is 4. The molecule has 6 heteroatoms. The molecule has 3 rings (SSSR count). The number of rotatable bonds is 3. The van der Waals surface area contributed by atoms with Crippen molar-refractivity contribution in [3.63, 3.8) is 0 Å². The fraction of sp³-hybridized carbons (Fsp3) is 0.529. The molecule has 1 aromatic rings. The van der Waals surface area contributed by atoms with Gasteiger partial charge in [0.05, 0.1) is 0 Å². The SMILES string of the molecule is C[C@H]1CCCC[C@@H]1NC(=O)C(=O)NCc1ccc2c(c1)OCO2. The molecule has 2 N–H and O–H groups in total. The highest BCUT2D eigenvalue weighted by Crippen LogP contribution is 2.32. The lowest BCUT2D eigenvalue weighted by Crippen LogP contribution is -2.47. The van der Waals surface area contributed by atoms with Gasteiger partial charge in [-0.15, -0.1) is 0 Å². The van der Waals surface area contributed by atoms with E-state index in [9.17, 15) is 9.59 Å². The molecule has 0 unspecified atom stereocenters. The number of fused-ring (bicyclic) bond motifs is 1. The molecule has 0 saturated heterocycles. The van der Waals surface area contributed by atoms with Crippen molar-refractivity contribution in [2.45, 2.75) is 45.2 Å². The number of carbonyl (C=O) groups excluding carboxylic acids is 2. The highest BCUT2D eigenvalue weighted by Gasteiger charge is 2.25. The van der Waals surface area contributed by atoms with E-state index in [0.717, 1.165) is 24.8 Å². The molecule has 6 nitrogen and oxygen atoms in total. The van der Waals surface area contributed by atoms with E-state index in [1.165, 1.54) is 6.42 Å². The molecule has 2 atom stereocenters. The van der Waals surface area contributed by atoms with E-state index in [1.54, 1.807) is 6.07 Å². The van der Waals surface area contributed by atoms with Crippen molar-refractivity contribution < 1.29 is 19.1 Å². The Kier molecular flexibility index (Phi) is 4.69. The van der Waals surface area contributed by atoms with Gasteiger partial charge < -0.3 is 20.1 Å². The summed E-state index contributed by atoms with van der Waals surface area (Å²) in [7, 11) is 0. The zero-order chi connectivity index (χ0) is 16.2. The Bertz CT molecular complexity index is 602. The molecule has 0 aromatic heterocycles. The minimum Gasteiger partial charge on any atom is -0.454 e. The molecule has 1 aromatic carbocycles. The molecule has 1 aliphatic carbocycles. The van der Waals surface area contributed by atoms with E-state index in [1.807, 2.05) is 12.1 Å². The average molecular weight is 318 g/mol. The highest BCUT2D eigenvalue weighted by atomic mass is 16.7. The van der Waals surface area contributed by atoms with Gasteiger partial charge in [0.25, 0.3) is 0 Å². The number of nitrogens with one attached hydrogen (secondary N) is 2. The molecule has 124 valence electrons. The fourth-order valence-corrected chi connectivity index (χ4v) is 3.08. The van der Waals surface area contributed by atoms with E-state index in [-0.39, 0.29) is 19.4 Å². The van der Waals surface area contributed by atoms with Crippen LogP contribution in [0.15, 0.2) is 18.2 Å². The van der Waals surface area contributed by atoms with Crippen LogP contribution >= 0.6 is 0 Å². The molecule has 2 aliphatic rings. The Labute approximate surface area is 135 Å². The fourth-order valence-electron chi connectivity index (χ4n) is 3.08. The largest absolute Gasteiger partial charge is 0.454 e. The van der Waals surface area contributed by atoms with Gasteiger partial charge in [-0.2, -0.15) is 0 Å². The third-order valence-electron chi connectivity index (χ3n) is 4.52. The summed E-state index contributed by atoms with van der Waals surface area (Å²) in [6.45, 7) is 2.62. The topological polar surface area (TPSA) is 76.7 Å². The summed E-state index contributed by atoms with van der Waals surface area (Å²) in [5, 5.41) is 5.50. The van der Waals surface area contributed by atoms with Crippen molar-refractivity contribution >= 4 is 11.8 Å². The van der Waals surface area contributed by atoms with Gasteiger partial charge in [0.2, 0.25) is 6.79 Å². The monoisotopic (exact) mass is 318 g/mol. The molecule has 1 heterocycles. The molecule has 0 spiro atoms. The van der Waals surface area contributed by atoms with E-state index >= 15 is 0 Å². The van der Waals surface area contributed by atoms with Crippen molar-refractivity contribution in [1.29, 1.82) is 0 Å². The van der Waals surface area contributed by atoms with Gasteiger partial charge in [-0.1, -0.05) is 25.8 Å². The third-order valence-corrected chi connectivity index (χ3v) is 4.52. The van der Waals surface area contributed by atoms with Crippen LogP contribution in [-0.2, 0) is 16.1 Å². The average Bonchev–Trinajstić information content (AvgIpc) is 3.02. The maximum absolute atomic E-state index is 12.0. The zero-order valence-electron chi connectivity index (χ0n) is 13.3. The smallest absolute Gasteiger partial charge is 0.309 e. The molecule has 0 bridgehead atoms. The summed E-state index contributed by atoms with van der Waals surface area (Å²) < 4.78 is 10.5. The first-order valence-corrected chi connectivity index (χ1v) is 8.10. The number of hydrogen-bond donors (Lipinski definition) is 2. The van der Waals surface area contributed by atoms with Crippen molar-refractivity contribution in [3.8, 4) is 11.5 Å². The lowest BCUT2D eigenvalue weighted by atomic mass is 9.86. The van der Waals surface area contributed by atoms with Crippen molar-refractivity contribution in [3.05, 3.63) is 23.8 Å². The minimum atomic E-state index is -0.597. The molecular weight excluding hydrogens is 296 g/mol. The normalized spacial score (nSPS) is 22.5. The van der Waals surface area contributed by atoms with Crippen molar-refractivity contribution in [1.82, 2.24) is 10.6 Å².